The first kappa shape index (κ1) is 16.1. The molecule has 0 radical (unpaired) electrons. The second-order valence-electron chi connectivity index (χ2n) is 6.08. The zero-order chi connectivity index (χ0) is 18.1. The monoisotopic (exact) mass is 345 g/mol. The lowest BCUT2D eigenvalue weighted by Crippen LogP contribution is -2.14. The van der Waals surface area contributed by atoms with Gasteiger partial charge in [0.1, 0.15) is 5.82 Å². The molecule has 26 heavy (non-hydrogen) atoms. The maximum atomic E-state index is 5.13. The fraction of sp³-hybridized carbons (Fsp3) is 0.150. The highest BCUT2D eigenvalue weighted by Crippen LogP contribution is 2.29. The van der Waals surface area contributed by atoms with Crippen molar-refractivity contribution in [2.24, 2.45) is 0 Å². The van der Waals surface area contributed by atoms with Crippen LogP contribution in [0.5, 0.6) is 5.88 Å². The fourth-order valence-corrected chi connectivity index (χ4v) is 2.97. The highest BCUT2D eigenvalue weighted by Gasteiger charge is 2.14. The Morgan fingerprint density at radius 2 is 1.92 bits per heavy atom. The van der Waals surface area contributed by atoms with Gasteiger partial charge in [0.25, 0.3) is 0 Å². The van der Waals surface area contributed by atoms with Gasteiger partial charge in [-0.15, -0.1) is 0 Å². The quantitative estimate of drug-likeness (QED) is 0.562. The van der Waals surface area contributed by atoms with Crippen LogP contribution in [0.2, 0.25) is 0 Å². The fourth-order valence-electron chi connectivity index (χ4n) is 2.97. The first-order chi connectivity index (χ1) is 12.7. The number of anilines is 2. The topological polar surface area (TPSA) is 55.6 Å². The van der Waals surface area contributed by atoms with Crippen molar-refractivity contribution in [3.63, 3.8) is 0 Å². The molecular formula is C20H19N5O. The molecule has 3 aromatic heterocycles. The lowest BCUT2D eigenvalue weighted by Gasteiger charge is -2.20. The number of aromatic nitrogens is 4. The van der Waals surface area contributed by atoms with Crippen LogP contribution in [0.4, 0.5) is 11.5 Å². The van der Waals surface area contributed by atoms with Crippen molar-refractivity contribution in [3.8, 4) is 17.0 Å². The van der Waals surface area contributed by atoms with E-state index in [4.69, 9.17) is 4.74 Å². The SMILES string of the molecule is COc1ccc(-c2cnn3c(N(C)c4cccc(C)c4)ccnc23)cn1. The summed E-state index contributed by atoms with van der Waals surface area (Å²) in [7, 11) is 3.63. The molecule has 4 rings (SSSR count). The summed E-state index contributed by atoms with van der Waals surface area (Å²) in [5, 5.41) is 4.56. The number of pyridine rings is 1. The number of fused-ring (bicyclic) bond motifs is 1. The van der Waals surface area contributed by atoms with Gasteiger partial charge in [-0.1, -0.05) is 12.1 Å². The van der Waals surface area contributed by atoms with E-state index in [9.17, 15) is 0 Å². The summed E-state index contributed by atoms with van der Waals surface area (Å²) in [6.45, 7) is 2.09. The molecule has 130 valence electrons. The van der Waals surface area contributed by atoms with Crippen LogP contribution in [-0.4, -0.2) is 33.7 Å². The number of benzene rings is 1. The van der Waals surface area contributed by atoms with E-state index in [0.717, 1.165) is 28.3 Å². The van der Waals surface area contributed by atoms with E-state index >= 15 is 0 Å². The van der Waals surface area contributed by atoms with Crippen molar-refractivity contribution >= 4 is 17.2 Å². The van der Waals surface area contributed by atoms with Crippen LogP contribution < -0.4 is 9.64 Å². The Morgan fingerprint density at radius 1 is 1.04 bits per heavy atom. The molecule has 0 aliphatic carbocycles. The van der Waals surface area contributed by atoms with E-state index in [1.165, 1.54) is 5.56 Å². The van der Waals surface area contributed by atoms with Gasteiger partial charge in [-0.05, 0) is 36.8 Å². The van der Waals surface area contributed by atoms with Crippen LogP contribution in [-0.2, 0) is 0 Å². The number of nitrogens with zero attached hydrogens (tertiary/aromatic N) is 5. The third-order valence-electron chi connectivity index (χ3n) is 4.37. The summed E-state index contributed by atoms with van der Waals surface area (Å²) < 4.78 is 6.98. The third-order valence-corrected chi connectivity index (χ3v) is 4.37. The number of aryl methyl sites for hydroxylation is 1. The molecule has 4 aromatic rings. The van der Waals surface area contributed by atoms with E-state index in [2.05, 4.69) is 51.2 Å². The maximum Gasteiger partial charge on any atom is 0.212 e. The Bertz CT molecular complexity index is 1060. The van der Waals surface area contributed by atoms with Crippen molar-refractivity contribution in [1.82, 2.24) is 19.6 Å². The molecule has 6 heteroatoms. The third kappa shape index (κ3) is 2.75. The molecule has 0 aliphatic rings. The van der Waals surface area contributed by atoms with E-state index in [1.54, 1.807) is 19.5 Å². The number of hydrogen-bond donors (Lipinski definition) is 0. The van der Waals surface area contributed by atoms with Crippen LogP contribution in [0.3, 0.4) is 0 Å². The summed E-state index contributed by atoms with van der Waals surface area (Å²) in [6, 6.07) is 14.1. The molecular weight excluding hydrogens is 326 g/mol. The first-order valence-corrected chi connectivity index (χ1v) is 8.31. The molecule has 0 aliphatic heterocycles. The van der Waals surface area contributed by atoms with Crippen molar-refractivity contribution in [2.45, 2.75) is 6.92 Å². The minimum absolute atomic E-state index is 0.582. The van der Waals surface area contributed by atoms with E-state index in [-0.39, 0.29) is 0 Å². The number of ether oxygens (including phenoxy) is 1. The highest BCUT2D eigenvalue weighted by atomic mass is 16.5. The Balaban J connectivity index is 1.79. The van der Waals surface area contributed by atoms with Gasteiger partial charge in [-0.3, -0.25) is 0 Å². The Labute approximate surface area is 151 Å². The van der Waals surface area contributed by atoms with Gasteiger partial charge in [-0.25, -0.2) is 9.97 Å². The minimum Gasteiger partial charge on any atom is -0.481 e. The second kappa shape index (κ2) is 6.48. The zero-order valence-electron chi connectivity index (χ0n) is 14.9. The number of methoxy groups -OCH3 is 1. The summed E-state index contributed by atoms with van der Waals surface area (Å²) in [6.07, 6.45) is 5.40. The van der Waals surface area contributed by atoms with Crippen molar-refractivity contribution < 1.29 is 4.74 Å². The molecule has 3 heterocycles. The van der Waals surface area contributed by atoms with Gasteiger partial charge in [-0.2, -0.15) is 9.61 Å². The van der Waals surface area contributed by atoms with Crippen LogP contribution in [0.25, 0.3) is 16.8 Å². The average Bonchev–Trinajstić information content (AvgIpc) is 3.11. The molecule has 0 unspecified atom stereocenters. The molecule has 0 atom stereocenters. The average molecular weight is 345 g/mol. The molecule has 0 fully saturated rings. The molecule has 0 spiro atoms. The molecule has 1 aromatic carbocycles. The van der Waals surface area contributed by atoms with Crippen molar-refractivity contribution in [3.05, 3.63) is 66.6 Å². The predicted octanol–water partition coefficient (Wildman–Crippen LogP) is 3.88. The van der Waals surface area contributed by atoms with Crippen molar-refractivity contribution in [2.75, 3.05) is 19.1 Å². The van der Waals surface area contributed by atoms with Crippen molar-refractivity contribution in [1.29, 1.82) is 0 Å². The van der Waals surface area contributed by atoms with Crippen LogP contribution in [0, 0.1) is 6.92 Å². The van der Waals surface area contributed by atoms with Gasteiger partial charge in [0.15, 0.2) is 5.65 Å². The molecule has 6 nitrogen and oxygen atoms in total. The summed E-state index contributed by atoms with van der Waals surface area (Å²) >= 11 is 0. The standard InChI is InChI=1S/C20H19N5O/c1-14-5-4-6-16(11-14)24(2)19-9-10-21-20-17(13-23-25(19)20)15-7-8-18(26-3)22-12-15/h4-13H,1-3H3. The summed E-state index contributed by atoms with van der Waals surface area (Å²) in [5.74, 6) is 1.52. The smallest absolute Gasteiger partial charge is 0.212 e. The number of hydrogen-bond acceptors (Lipinski definition) is 5. The van der Waals surface area contributed by atoms with Gasteiger partial charge in [0.05, 0.1) is 13.3 Å². The van der Waals surface area contributed by atoms with Gasteiger partial charge in [0, 0.05) is 42.3 Å². The summed E-state index contributed by atoms with van der Waals surface area (Å²) in [5.41, 5.74) is 4.98. The van der Waals surface area contributed by atoms with Crippen LogP contribution in [0.15, 0.2) is 61.1 Å². The molecule has 0 amide bonds. The maximum absolute atomic E-state index is 5.13. The minimum atomic E-state index is 0.582. The Morgan fingerprint density at radius 3 is 2.65 bits per heavy atom. The largest absolute Gasteiger partial charge is 0.481 e. The molecule has 0 N–H and O–H groups in total. The van der Waals surface area contributed by atoms with E-state index in [0.29, 0.717) is 5.88 Å². The highest BCUT2D eigenvalue weighted by molar-refractivity contribution is 5.78. The second-order valence-corrected chi connectivity index (χ2v) is 6.08. The number of rotatable bonds is 4. The predicted molar refractivity (Wildman–Crippen MR) is 102 cm³/mol. The van der Waals surface area contributed by atoms with E-state index < -0.39 is 0 Å². The Hall–Kier alpha value is -3.41. The zero-order valence-corrected chi connectivity index (χ0v) is 14.9. The lowest BCUT2D eigenvalue weighted by molar-refractivity contribution is 0.398. The summed E-state index contributed by atoms with van der Waals surface area (Å²) in [4.78, 5) is 10.9. The van der Waals surface area contributed by atoms with Gasteiger partial charge >= 0.3 is 0 Å². The molecule has 0 saturated carbocycles. The normalized spacial score (nSPS) is 10.9. The van der Waals surface area contributed by atoms with Crippen LogP contribution in [0.1, 0.15) is 5.56 Å². The first-order valence-electron chi connectivity index (χ1n) is 8.31. The van der Waals surface area contributed by atoms with Gasteiger partial charge < -0.3 is 9.64 Å². The van der Waals surface area contributed by atoms with Crippen LogP contribution >= 0.6 is 0 Å². The Kier molecular flexibility index (Phi) is 4.01. The molecule has 0 bridgehead atoms. The van der Waals surface area contributed by atoms with Gasteiger partial charge in [0.2, 0.25) is 5.88 Å². The van der Waals surface area contributed by atoms with E-state index in [1.807, 2.05) is 36.0 Å². The lowest BCUT2D eigenvalue weighted by atomic mass is 10.1. The molecule has 0 saturated heterocycles.